The van der Waals surface area contributed by atoms with Crippen LogP contribution in [0.3, 0.4) is 0 Å². The zero-order valence-electron chi connectivity index (χ0n) is 15.8. The van der Waals surface area contributed by atoms with E-state index in [2.05, 4.69) is 0 Å². The Morgan fingerprint density at radius 3 is 2.22 bits per heavy atom. The molecule has 2 aromatic carbocycles. The molecule has 0 atom stereocenters. The maximum atomic E-state index is 13.9. The van der Waals surface area contributed by atoms with Crippen molar-refractivity contribution < 1.29 is 44.7 Å². The number of benzene rings is 2. The number of carbonyl (C=O) groups is 1. The fraction of sp³-hybridized carbons (Fsp3) is 0.150. The molecule has 0 unspecified atom stereocenters. The Morgan fingerprint density at radius 2 is 1.66 bits per heavy atom. The highest BCUT2D eigenvalue weighted by molar-refractivity contribution is 6.31. The summed E-state index contributed by atoms with van der Waals surface area (Å²) in [7, 11) is 0. The van der Waals surface area contributed by atoms with Crippen molar-refractivity contribution >= 4 is 23.2 Å². The third-order valence-corrected chi connectivity index (χ3v) is 4.61. The molecule has 1 aromatic heterocycles. The average Bonchev–Trinajstić information content (AvgIpc) is 3.19. The monoisotopic (exact) mass is 481 g/mol. The van der Waals surface area contributed by atoms with Gasteiger partial charge in [-0.2, -0.15) is 13.2 Å². The first-order valence-electron chi connectivity index (χ1n) is 8.62. The molecule has 32 heavy (non-hydrogen) atoms. The van der Waals surface area contributed by atoms with Gasteiger partial charge in [0.15, 0.2) is 29.0 Å². The Bertz CT molecular complexity index is 1160. The third-order valence-electron chi connectivity index (χ3n) is 4.18. The number of furan rings is 1. The second kappa shape index (κ2) is 8.73. The van der Waals surface area contributed by atoms with Crippen LogP contribution in [0.25, 0.3) is 0 Å². The number of ether oxygens (including phenoxy) is 1. The number of hydrogen-bond acceptors (Lipinski definition) is 3. The number of amides is 1. The molecule has 0 aliphatic heterocycles. The van der Waals surface area contributed by atoms with Gasteiger partial charge < -0.3 is 14.5 Å². The Labute approximate surface area is 180 Å². The molecule has 0 saturated heterocycles. The van der Waals surface area contributed by atoms with Gasteiger partial charge in [-0.1, -0.05) is 11.6 Å². The number of nitrogens with one attached hydrogen (secondary N) is 1. The van der Waals surface area contributed by atoms with Gasteiger partial charge in [0.25, 0.3) is 5.91 Å². The number of carbonyl (C=O) groups excluding carboxylic acids is 1. The van der Waals surface area contributed by atoms with Crippen LogP contribution in [0.5, 0.6) is 5.75 Å². The minimum atomic E-state index is -5.70. The fourth-order valence-electron chi connectivity index (χ4n) is 2.60. The van der Waals surface area contributed by atoms with Gasteiger partial charge in [-0.05, 0) is 42.8 Å². The summed E-state index contributed by atoms with van der Waals surface area (Å²) in [4.78, 5) is 12.1. The van der Waals surface area contributed by atoms with Gasteiger partial charge in [-0.15, -0.1) is 0 Å². The van der Waals surface area contributed by atoms with E-state index in [1.54, 1.807) is 25.1 Å². The second-order valence-electron chi connectivity index (χ2n) is 6.42. The summed E-state index contributed by atoms with van der Waals surface area (Å²) in [5.41, 5.74) is -3.74. The zero-order valence-corrected chi connectivity index (χ0v) is 16.6. The molecular weight excluding hydrogens is 471 g/mol. The molecule has 0 spiro atoms. The van der Waals surface area contributed by atoms with E-state index < -0.39 is 52.4 Å². The van der Waals surface area contributed by atoms with Crippen LogP contribution in [0.2, 0.25) is 5.02 Å². The van der Waals surface area contributed by atoms with Gasteiger partial charge in [-0.3, -0.25) is 4.79 Å². The second-order valence-corrected chi connectivity index (χ2v) is 6.83. The molecule has 1 N–H and O–H groups in total. The van der Waals surface area contributed by atoms with E-state index in [-0.39, 0.29) is 12.4 Å². The van der Waals surface area contributed by atoms with Gasteiger partial charge >= 0.3 is 6.18 Å². The maximum Gasteiger partial charge on any atom is 0.422 e. The minimum absolute atomic E-state index is 0.0912. The van der Waals surface area contributed by atoms with Crippen LogP contribution in [0, 0.1) is 30.2 Å². The highest BCUT2D eigenvalue weighted by Crippen LogP contribution is 2.38. The van der Waals surface area contributed by atoms with E-state index in [1.165, 1.54) is 11.4 Å². The third kappa shape index (κ3) is 4.67. The molecule has 170 valence electrons. The summed E-state index contributed by atoms with van der Waals surface area (Å²) >= 11 is 5.90. The first-order chi connectivity index (χ1) is 14.9. The lowest BCUT2D eigenvalue weighted by Gasteiger charge is -2.14. The summed E-state index contributed by atoms with van der Waals surface area (Å²) < 4.78 is 104. The molecule has 3 aromatic rings. The van der Waals surface area contributed by atoms with E-state index in [0.29, 0.717) is 10.8 Å². The normalized spacial score (nSPS) is 11.5. The van der Waals surface area contributed by atoms with E-state index >= 15 is 0 Å². The number of halogens is 8. The SMILES string of the molecule is Cc1cc(OCc2ccc(C(=O)Nc3c(F)c(F)c(C(F)(F)F)c(F)c3F)o2)ccc1Cl. The van der Waals surface area contributed by atoms with Crippen molar-refractivity contribution in [3.8, 4) is 5.75 Å². The van der Waals surface area contributed by atoms with Crippen molar-refractivity contribution in [1.82, 2.24) is 0 Å². The number of rotatable bonds is 5. The molecule has 4 nitrogen and oxygen atoms in total. The molecule has 3 rings (SSSR count). The Morgan fingerprint density at radius 1 is 1.03 bits per heavy atom. The molecule has 0 bridgehead atoms. The van der Waals surface area contributed by atoms with Crippen LogP contribution in [-0.2, 0) is 12.8 Å². The molecule has 12 heteroatoms. The topological polar surface area (TPSA) is 51.5 Å². The van der Waals surface area contributed by atoms with E-state index in [1.807, 2.05) is 0 Å². The summed E-state index contributed by atoms with van der Waals surface area (Å²) in [5, 5.41) is 1.99. The lowest BCUT2D eigenvalue weighted by atomic mass is 10.1. The molecule has 0 saturated carbocycles. The predicted octanol–water partition coefficient (Wildman–Crippen LogP) is 6.65. The maximum absolute atomic E-state index is 13.9. The van der Waals surface area contributed by atoms with E-state index in [9.17, 15) is 35.5 Å². The van der Waals surface area contributed by atoms with Crippen molar-refractivity contribution in [2.45, 2.75) is 19.7 Å². The van der Waals surface area contributed by atoms with Crippen LogP contribution in [0.1, 0.15) is 27.4 Å². The lowest BCUT2D eigenvalue weighted by molar-refractivity contribution is -0.143. The standard InChI is InChI=1S/C20H11ClF7NO3/c1-8-6-9(2-4-11(8)21)31-7-10-3-5-12(32-10)19(30)29-18-16(24)14(22)13(20(26,27)28)15(23)17(18)25/h2-6H,7H2,1H3,(H,29,30). The number of hydrogen-bond donors (Lipinski definition) is 1. The smallest absolute Gasteiger partial charge is 0.422 e. The van der Waals surface area contributed by atoms with Crippen LogP contribution >= 0.6 is 11.6 Å². The highest BCUT2D eigenvalue weighted by Gasteiger charge is 2.42. The van der Waals surface area contributed by atoms with Crippen molar-refractivity contribution in [3.05, 3.63) is 81.3 Å². The van der Waals surface area contributed by atoms with Gasteiger partial charge in [0.2, 0.25) is 0 Å². The summed E-state index contributed by atoms with van der Waals surface area (Å²) in [6.07, 6.45) is -5.70. The molecule has 0 aliphatic carbocycles. The Balaban J connectivity index is 1.77. The quantitative estimate of drug-likeness (QED) is 0.328. The number of anilines is 1. The predicted molar refractivity (Wildman–Crippen MR) is 98.5 cm³/mol. The van der Waals surface area contributed by atoms with Crippen LogP contribution < -0.4 is 10.1 Å². The van der Waals surface area contributed by atoms with Crippen LogP contribution in [0.15, 0.2) is 34.7 Å². The minimum Gasteiger partial charge on any atom is -0.486 e. The van der Waals surface area contributed by atoms with Gasteiger partial charge in [-0.25, -0.2) is 17.6 Å². The Hall–Kier alpha value is -3.21. The molecule has 0 aliphatic rings. The van der Waals surface area contributed by atoms with E-state index in [4.69, 9.17) is 20.8 Å². The molecule has 1 heterocycles. The first-order valence-corrected chi connectivity index (χ1v) is 9.00. The largest absolute Gasteiger partial charge is 0.486 e. The van der Waals surface area contributed by atoms with Crippen molar-refractivity contribution in [3.63, 3.8) is 0 Å². The molecule has 0 fully saturated rings. The van der Waals surface area contributed by atoms with Gasteiger partial charge in [0, 0.05) is 5.02 Å². The van der Waals surface area contributed by atoms with Crippen molar-refractivity contribution in [2.24, 2.45) is 0 Å². The average molecular weight is 482 g/mol. The van der Waals surface area contributed by atoms with Gasteiger partial charge in [0.05, 0.1) is 0 Å². The Kier molecular flexibility index (Phi) is 6.40. The van der Waals surface area contributed by atoms with Crippen molar-refractivity contribution in [1.29, 1.82) is 0 Å². The zero-order chi connectivity index (χ0) is 23.8. The first kappa shape index (κ1) is 23.5. The molecule has 0 radical (unpaired) electrons. The van der Waals surface area contributed by atoms with E-state index in [0.717, 1.165) is 11.6 Å². The number of alkyl halides is 3. The lowest BCUT2D eigenvalue weighted by Crippen LogP contribution is -2.20. The van der Waals surface area contributed by atoms with Crippen molar-refractivity contribution in [2.75, 3.05) is 5.32 Å². The summed E-state index contributed by atoms with van der Waals surface area (Å²) in [6, 6.07) is 7.15. The summed E-state index contributed by atoms with van der Waals surface area (Å²) in [5.74, 6) is -11.6. The van der Waals surface area contributed by atoms with Gasteiger partial charge in [0.1, 0.15) is 29.4 Å². The molecule has 1 amide bonds. The van der Waals surface area contributed by atoms with Crippen LogP contribution in [0.4, 0.5) is 36.4 Å². The number of aryl methyl sites for hydroxylation is 1. The fourth-order valence-corrected chi connectivity index (χ4v) is 2.72. The highest BCUT2D eigenvalue weighted by atomic mass is 35.5. The van der Waals surface area contributed by atoms with Crippen LogP contribution in [-0.4, -0.2) is 5.91 Å². The molecular formula is C20H11ClF7NO3. The summed E-state index contributed by atoms with van der Waals surface area (Å²) in [6.45, 7) is 1.58.